The number of unbranched alkanes of at least 4 members (excludes halogenated alkanes) is 34. The van der Waals surface area contributed by atoms with Crippen LogP contribution in [0.2, 0.25) is 0 Å². The lowest BCUT2D eigenvalue weighted by molar-refractivity contribution is -0.161. The zero-order valence-corrected chi connectivity index (χ0v) is 70.5. The van der Waals surface area contributed by atoms with Crippen molar-refractivity contribution >= 4 is 33.6 Å². The molecule has 0 aromatic heterocycles. The van der Waals surface area contributed by atoms with Crippen molar-refractivity contribution in [3.8, 4) is 0 Å². The fourth-order valence-electron chi connectivity index (χ4n) is 11.5. The highest BCUT2D eigenvalue weighted by Gasteiger charge is 2.29. The third-order valence-corrected chi connectivity index (χ3v) is 19.9. The van der Waals surface area contributed by atoms with Crippen LogP contribution < -0.4 is 0 Å². The van der Waals surface area contributed by atoms with Gasteiger partial charge in [0.2, 0.25) is 0 Å². The molecule has 0 radical (unpaired) electrons. The molecule has 0 rings (SSSR count). The molecule has 0 spiro atoms. The number of esters is 3. The standard InChI is InChI=1S/C91H156O16P2/c1-4-7-10-13-16-19-22-25-28-30-32-34-36-38-40-41-42-43-45-47-48-50-52-54-57-59-62-65-68-71-74-77-89(94)101-80-86(92)81-103-108(97,98)104-82-87(93)83-105-109(99,100)106-85-88(107-91(96)79-76-73-70-67-64-61-56-27-24-21-18-15-12-9-6-3)84-102-90(95)78-75-72-69-66-63-60-58-55-53-51-49-46-44-39-37-35-33-31-29-26-23-20-17-14-11-8-5-2/h8,11,16-21,25-29,32-35,38-40,44,49,51,56,86-88,92-93H,4-7,9-10,12-15,22-24,30-31,36-37,41-43,45-48,50,52-55,57-85H2,1-3H3,(H,97,98)(H,99,100)/b11-8-,19-16-,20-17-,21-18-,28-25-,29-26-,34-32-,35-33-,40-38-,44-39-,51-49-,56-27-. The zero-order chi connectivity index (χ0) is 79.4. The Labute approximate surface area is 664 Å². The van der Waals surface area contributed by atoms with E-state index in [1.807, 2.05) is 0 Å². The maximum Gasteiger partial charge on any atom is 0.472 e. The lowest BCUT2D eigenvalue weighted by Crippen LogP contribution is -2.30. The molecule has 0 saturated heterocycles. The average Bonchev–Trinajstić information content (AvgIpc) is 0.904. The number of phosphoric acid groups is 2. The van der Waals surface area contributed by atoms with Crippen molar-refractivity contribution in [3.05, 3.63) is 146 Å². The van der Waals surface area contributed by atoms with E-state index >= 15 is 0 Å². The molecule has 0 saturated carbocycles. The molecule has 0 fully saturated rings. The number of carbonyl (C=O) groups excluding carboxylic acids is 3. The molecule has 5 atom stereocenters. The van der Waals surface area contributed by atoms with Gasteiger partial charge in [-0.2, -0.15) is 0 Å². The summed E-state index contributed by atoms with van der Waals surface area (Å²) in [4.78, 5) is 58.8. The fourth-order valence-corrected chi connectivity index (χ4v) is 13.1. The summed E-state index contributed by atoms with van der Waals surface area (Å²) in [6.45, 7) is 2.51. The second kappa shape index (κ2) is 82.9. The van der Waals surface area contributed by atoms with E-state index < -0.39 is 91.5 Å². The summed E-state index contributed by atoms with van der Waals surface area (Å²) in [5, 5.41) is 20.7. The van der Waals surface area contributed by atoms with Crippen LogP contribution in [0.15, 0.2) is 146 Å². The first-order chi connectivity index (χ1) is 53.2. The monoisotopic (exact) mass is 1570 g/mol. The van der Waals surface area contributed by atoms with E-state index in [1.165, 1.54) is 135 Å². The van der Waals surface area contributed by atoms with Crippen LogP contribution in [-0.2, 0) is 55.8 Å². The highest BCUT2D eigenvalue weighted by molar-refractivity contribution is 7.47. The van der Waals surface area contributed by atoms with Crippen molar-refractivity contribution in [2.45, 2.75) is 373 Å². The Bertz CT molecular complexity index is 2560. The molecule has 0 aliphatic heterocycles. The number of rotatable bonds is 81. The molecule has 0 aliphatic rings. The van der Waals surface area contributed by atoms with E-state index in [0.29, 0.717) is 19.3 Å². The summed E-state index contributed by atoms with van der Waals surface area (Å²) in [5.41, 5.74) is 0. The third-order valence-electron chi connectivity index (χ3n) is 18.0. The van der Waals surface area contributed by atoms with Crippen LogP contribution >= 0.6 is 15.6 Å². The van der Waals surface area contributed by atoms with Crippen molar-refractivity contribution in [1.82, 2.24) is 0 Å². The van der Waals surface area contributed by atoms with Crippen LogP contribution in [0.4, 0.5) is 0 Å². The van der Waals surface area contributed by atoms with Gasteiger partial charge in [0.25, 0.3) is 0 Å². The Morgan fingerprint density at radius 3 is 0.771 bits per heavy atom. The van der Waals surface area contributed by atoms with Crippen molar-refractivity contribution in [3.63, 3.8) is 0 Å². The molecule has 0 amide bonds. The van der Waals surface area contributed by atoms with Gasteiger partial charge in [0.05, 0.1) is 26.4 Å². The SMILES string of the molecule is CC/C=C\C/C=C\C/C=C\C/C=C\C/C=C\C/C=C\CCCCCCCCCCC(=O)OCC(COP(=O)(O)OCC(O)COP(=O)(O)OCC(O)COC(=O)CCCCCCCCCCCCCCCCC/C=C\C/C=C\C/C=C\C/C=C\CCCCC)OC(=O)CCCCCCC/C=C\C/C=C\CCCCC. The van der Waals surface area contributed by atoms with Gasteiger partial charge in [0, 0.05) is 19.3 Å². The second-order valence-corrected chi connectivity index (χ2v) is 31.5. The van der Waals surface area contributed by atoms with Gasteiger partial charge >= 0.3 is 33.6 Å². The first kappa shape index (κ1) is 104. The van der Waals surface area contributed by atoms with Crippen molar-refractivity contribution in [2.75, 3.05) is 39.6 Å². The summed E-state index contributed by atoms with van der Waals surface area (Å²) in [7, 11) is -9.81. The highest BCUT2D eigenvalue weighted by Crippen LogP contribution is 2.45. The lowest BCUT2D eigenvalue weighted by Gasteiger charge is -2.21. The molecule has 16 nitrogen and oxygen atoms in total. The highest BCUT2D eigenvalue weighted by atomic mass is 31.2. The molecule has 0 aromatic carbocycles. The number of ether oxygens (including phenoxy) is 3. The van der Waals surface area contributed by atoms with Crippen LogP contribution in [0.1, 0.15) is 355 Å². The fraction of sp³-hybridized carbons (Fsp3) is 0.703. The van der Waals surface area contributed by atoms with Crippen molar-refractivity contribution < 1.29 is 75.8 Å². The predicted molar refractivity (Wildman–Crippen MR) is 454 cm³/mol. The van der Waals surface area contributed by atoms with Gasteiger partial charge in [-0.25, -0.2) is 9.13 Å². The van der Waals surface area contributed by atoms with E-state index in [1.54, 1.807) is 0 Å². The largest absolute Gasteiger partial charge is 0.472 e. The molecule has 0 aliphatic carbocycles. The molecular weight excluding hydrogens is 1410 g/mol. The Kier molecular flexibility index (Phi) is 79.4. The summed E-state index contributed by atoms with van der Waals surface area (Å²) >= 11 is 0. The molecule has 0 heterocycles. The third kappa shape index (κ3) is 84.2. The second-order valence-electron chi connectivity index (χ2n) is 28.6. The number of carbonyl (C=O) groups is 3. The van der Waals surface area contributed by atoms with Gasteiger partial charge in [0.15, 0.2) is 6.10 Å². The average molecular weight is 1570 g/mol. The Morgan fingerprint density at radius 1 is 0.266 bits per heavy atom. The van der Waals surface area contributed by atoms with Gasteiger partial charge < -0.3 is 34.2 Å². The van der Waals surface area contributed by atoms with Gasteiger partial charge in [0.1, 0.15) is 25.4 Å². The number of hydrogen-bond donors (Lipinski definition) is 4. The van der Waals surface area contributed by atoms with E-state index in [2.05, 4.69) is 167 Å². The predicted octanol–water partition coefficient (Wildman–Crippen LogP) is 26.0. The molecule has 5 unspecified atom stereocenters. The van der Waals surface area contributed by atoms with Gasteiger partial charge in [-0.1, -0.05) is 334 Å². The Morgan fingerprint density at radius 2 is 0.486 bits per heavy atom. The van der Waals surface area contributed by atoms with Crippen molar-refractivity contribution in [1.29, 1.82) is 0 Å². The lowest BCUT2D eigenvalue weighted by atomic mass is 10.0. The van der Waals surface area contributed by atoms with E-state index in [0.717, 1.165) is 161 Å². The number of phosphoric ester groups is 2. The van der Waals surface area contributed by atoms with Gasteiger partial charge in [-0.15, -0.1) is 0 Å². The molecule has 109 heavy (non-hydrogen) atoms. The van der Waals surface area contributed by atoms with E-state index in [9.17, 15) is 43.5 Å². The first-order valence-corrected chi connectivity index (χ1v) is 46.1. The quantitative estimate of drug-likeness (QED) is 0.0146. The topological polar surface area (TPSA) is 231 Å². The summed E-state index contributed by atoms with van der Waals surface area (Å²) in [5.74, 6) is -1.60. The summed E-state index contributed by atoms with van der Waals surface area (Å²) < 4.78 is 61.3. The summed E-state index contributed by atoms with van der Waals surface area (Å²) in [6, 6.07) is 0. The van der Waals surface area contributed by atoms with E-state index in [4.69, 9.17) is 32.3 Å². The number of aliphatic hydroxyl groups excluding tert-OH is 2. The minimum absolute atomic E-state index is 0.0835. The number of allylic oxidation sites excluding steroid dienone is 24. The first-order valence-electron chi connectivity index (χ1n) is 43.1. The van der Waals surface area contributed by atoms with Crippen LogP contribution in [0, 0.1) is 0 Å². The molecule has 18 heteroatoms. The minimum atomic E-state index is -4.94. The summed E-state index contributed by atoms with van der Waals surface area (Å²) in [6.07, 6.45) is 103. The van der Waals surface area contributed by atoms with Crippen LogP contribution in [-0.4, -0.2) is 95.9 Å². The molecule has 626 valence electrons. The van der Waals surface area contributed by atoms with Gasteiger partial charge in [-0.05, 0) is 148 Å². The number of aliphatic hydroxyl groups is 2. The molecule has 0 aromatic rings. The van der Waals surface area contributed by atoms with Gasteiger partial charge in [-0.3, -0.25) is 32.5 Å². The van der Waals surface area contributed by atoms with Crippen LogP contribution in [0.25, 0.3) is 0 Å². The van der Waals surface area contributed by atoms with Crippen molar-refractivity contribution in [2.24, 2.45) is 0 Å². The Balaban J connectivity index is 4.52. The molecule has 0 bridgehead atoms. The van der Waals surface area contributed by atoms with E-state index in [-0.39, 0.29) is 19.3 Å². The smallest absolute Gasteiger partial charge is 0.463 e. The normalized spacial score (nSPS) is 14.6. The molecule has 4 N–H and O–H groups in total. The maximum absolute atomic E-state index is 13.0. The number of hydrogen-bond acceptors (Lipinski definition) is 14. The zero-order valence-electron chi connectivity index (χ0n) is 68.7. The minimum Gasteiger partial charge on any atom is -0.463 e. The maximum atomic E-state index is 13.0. The molecular formula is C91H156O16P2. The Hall–Kier alpha value is -4.57. The van der Waals surface area contributed by atoms with Crippen LogP contribution in [0.5, 0.6) is 0 Å². The van der Waals surface area contributed by atoms with Crippen LogP contribution in [0.3, 0.4) is 0 Å².